The Bertz CT molecular complexity index is 1030. The molecule has 1 aromatic rings. The topological polar surface area (TPSA) is 124 Å². The number of phenols is 2. The molecule has 4 aliphatic carbocycles. The second kappa shape index (κ2) is 7.25. The summed E-state index contributed by atoms with van der Waals surface area (Å²) >= 11 is 0. The summed E-state index contributed by atoms with van der Waals surface area (Å²) in [5.41, 5.74) is -0.260. The van der Waals surface area contributed by atoms with Crippen LogP contribution in [0.4, 0.5) is 5.69 Å². The number of ketones is 1. The molecular weight excluding hydrogens is 398 g/mol. The van der Waals surface area contributed by atoms with Crippen LogP contribution in [0.2, 0.25) is 0 Å². The zero-order valence-electron chi connectivity index (χ0n) is 17.5. The summed E-state index contributed by atoms with van der Waals surface area (Å²) in [7, 11) is 0. The Balaban J connectivity index is 1.52. The van der Waals surface area contributed by atoms with Crippen LogP contribution in [-0.2, 0) is 9.59 Å². The van der Waals surface area contributed by atoms with Gasteiger partial charge in [0.25, 0.3) is 0 Å². The molecule has 2 unspecified atom stereocenters. The highest BCUT2D eigenvalue weighted by Crippen LogP contribution is 2.64. The van der Waals surface area contributed by atoms with Gasteiger partial charge in [-0.25, -0.2) is 4.79 Å². The van der Waals surface area contributed by atoms with Gasteiger partial charge in [-0.15, -0.1) is 0 Å². The summed E-state index contributed by atoms with van der Waals surface area (Å²) in [6.07, 6.45) is 7.96. The quantitative estimate of drug-likeness (QED) is 0.417. The maximum Gasteiger partial charge on any atom is 0.339 e. The Hall–Kier alpha value is -3.09. The molecule has 7 nitrogen and oxygen atoms in total. The molecule has 0 radical (unpaired) electrons. The zero-order chi connectivity index (χ0) is 22.6. The fraction of sp³-hybridized carbons (Fsp3) is 0.458. The van der Waals surface area contributed by atoms with E-state index >= 15 is 0 Å². The van der Waals surface area contributed by atoms with E-state index in [4.69, 9.17) is 5.11 Å². The van der Waals surface area contributed by atoms with E-state index in [9.17, 15) is 24.6 Å². The van der Waals surface area contributed by atoms with E-state index < -0.39 is 34.4 Å². The second-order valence-electron chi connectivity index (χ2n) is 9.42. The Morgan fingerprint density at radius 2 is 2.03 bits per heavy atom. The second-order valence-corrected chi connectivity index (χ2v) is 9.42. The number of fused-ring (bicyclic) bond motifs is 2. The molecule has 4 N–H and O–H groups in total. The smallest absolute Gasteiger partial charge is 0.339 e. The monoisotopic (exact) mass is 425 g/mol. The lowest BCUT2D eigenvalue weighted by atomic mass is 9.44. The van der Waals surface area contributed by atoms with E-state index in [-0.39, 0.29) is 29.2 Å². The number of carbonyl (C=O) groups is 3. The van der Waals surface area contributed by atoms with Crippen molar-refractivity contribution in [3.63, 3.8) is 0 Å². The van der Waals surface area contributed by atoms with Crippen molar-refractivity contribution in [3.05, 3.63) is 42.0 Å². The number of carboxylic acids is 1. The molecule has 31 heavy (non-hydrogen) atoms. The van der Waals surface area contributed by atoms with Crippen LogP contribution < -0.4 is 5.32 Å². The maximum atomic E-state index is 12.9. The van der Waals surface area contributed by atoms with Crippen molar-refractivity contribution in [2.24, 2.45) is 22.7 Å². The molecule has 2 bridgehead atoms. The van der Waals surface area contributed by atoms with Crippen molar-refractivity contribution in [3.8, 4) is 11.5 Å². The highest BCUT2D eigenvalue weighted by atomic mass is 16.4. The molecule has 1 amide bonds. The van der Waals surface area contributed by atoms with Crippen LogP contribution in [0.15, 0.2) is 36.4 Å². The highest BCUT2D eigenvalue weighted by molar-refractivity contribution is 6.00. The van der Waals surface area contributed by atoms with E-state index in [1.54, 1.807) is 6.08 Å². The van der Waals surface area contributed by atoms with E-state index in [2.05, 4.69) is 18.0 Å². The summed E-state index contributed by atoms with van der Waals surface area (Å²) in [6, 6.07) is 2.16. The van der Waals surface area contributed by atoms with Crippen LogP contribution in [0.3, 0.4) is 0 Å². The van der Waals surface area contributed by atoms with Crippen molar-refractivity contribution < 1.29 is 29.7 Å². The van der Waals surface area contributed by atoms with Crippen molar-refractivity contribution >= 4 is 23.3 Å². The number of rotatable bonds is 5. The Morgan fingerprint density at radius 3 is 2.71 bits per heavy atom. The minimum atomic E-state index is -1.38. The average Bonchev–Trinajstić information content (AvgIpc) is 2.72. The molecular formula is C24H27NO6. The number of allylic oxidation sites excluding steroid dienone is 3. The van der Waals surface area contributed by atoms with E-state index in [1.807, 2.05) is 6.92 Å². The number of amides is 1. The number of aromatic carboxylic acids is 1. The van der Waals surface area contributed by atoms with Gasteiger partial charge >= 0.3 is 5.97 Å². The van der Waals surface area contributed by atoms with Gasteiger partial charge < -0.3 is 20.6 Å². The number of hydrogen-bond donors (Lipinski definition) is 4. The first-order chi connectivity index (χ1) is 14.6. The summed E-state index contributed by atoms with van der Waals surface area (Å²) in [5, 5.41) is 31.6. The number of benzene rings is 1. The fourth-order valence-electron chi connectivity index (χ4n) is 5.91. The third kappa shape index (κ3) is 3.32. The molecule has 0 aromatic heterocycles. The maximum absolute atomic E-state index is 12.9. The molecule has 0 saturated heterocycles. The number of aromatic hydroxyl groups is 2. The zero-order valence-corrected chi connectivity index (χ0v) is 17.5. The molecule has 1 spiro atoms. The van der Waals surface area contributed by atoms with Gasteiger partial charge in [0, 0.05) is 11.8 Å². The third-order valence-electron chi connectivity index (χ3n) is 7.73. The summed E-state index contributed by atoms with van der Waals surface area (Å²) in [6.45, 7) is 6.17. The molecule has 164 valence electrons. The van der Waals surface area contributed by atoms with Gasteiger partial charge in [-0.3, -0.25) is 9.59 Å². The molecule has 4 atom stereocenters. The first-order valence-electron chi connectivity index (χ1n) is 10.6. The molecule has 0 aliphatic heterocycles. The van der Waals surface area contributed by atoms with E-state index in [0.717, 1.165) is 37.8 Å². The fourth-order valence-corrected chi connectivity index (χ4v) is 5.91. The van der Waals surface area contributed by atoms with Gasteiger partial charge in [0.15, 0.2) is 11.5 Å². The molecule has 3 fully saturated rings. The van der Waals surface area contributed by atoms with Gasteiger partial charge in [-0.1, -0.05) is 25.2 Å². The standard InChI is InChI=1S/C24H27NO6/c1-13-12-24-9-5-14(13)11-17(24)23(2,18(27)6-10-24)8-7-19(28)25-20-16(26)4-3-15(21(20)29)22(30)31/h3-4,6,10,14,17,26,29H,1,5,7-9,11-12H2,2H3,(H,25,28)(H,30,31)/t14?,17?,23-,24+/m0/s1. The van der Waals surface area contributed by atoms with Gasteiger partial charge in [0.2, 0.25) is 5.91 Å². The predicted octanol–water partition coefficient (Wildman–Crippen LogP) is 4.02. The van der Waals surface area contributed by atoms with Gasteiger partial charge in [0.05, 0.1) is 0 Å². The van der Waals surface area contributed by atoms with Crippen molar-refractivity contribution in [1.82, 2.24) is 0 Å². The molecule has 4 aliphatic rings. The van der Waals surface area contributed by atoms with Crippen LogP contribution in [0.5, 0.6) is 11.5 Å². The SMILES string of the molecule is C=C1C[C@@]23C=CC(=O)[C@@](C)(CCC(=O)Nc4c(O)ccc(C(=O)O)c4O)C2CC1CC3. The van der Waals surface area contributed by atoms with Crippen LogP contribution >= 0.6 is 0 Å². The lowest BCUT2D eigenvalue weighted by Crippen LogP contribution is -2.54. The Kier molecular flexibility index (Phi) is 4.95. The minimum Gasteiger partial charge on any atom is -0.506 e. The number of anilines is 1. The Morgan fingerprint density at radius 1 is 1.29 bits per heavy atom. The first-order valence-corrected chi connectivity index (χ1v) is 10.6. The van der Waals surface area contributed by atoms with Crippen LogP contribution in [0.1, 0.15) is 55.8 Å². The molecule has 0 heterocycles. The normalized spacial score (nSPS) is 31.4. The number of phenolic OH excluding ortho intramolecular Hbond substituents is 1. The number of nitrogens with one attached hydrogen (secondary N) is 1. The van der Waals surface area contributed by atoms with E-state index in [1.165, 1.54) is 5.57 Å². The Labute approximate surface area is 180 Å². The summed E-state index contributed by atoms with van der Waals surface area (Å²) in [4.78, 5) is 36.8. The third-order valence-corrected chi connectivity index (χ3v) is 7.73. The molecule has 3 saturated carbocycles. The summed E-state index contributed by atoms with van der Waals surface area (Å²) < 4.78 is 0. The molecule has 5 rings (SSSR count). The van der Waals surface area contributed by atoms with Gasteiger partial charge in [-0.2, -0.15) is 0 Å². The number of carboxylic acid groups (broad SMARTS) is 1. The van der Waals surface area contributed by atoms with E-state index in [0.29, 0.717) is 12.3 Å². The number of carbonyl (C=O) groups excluding carboxylic acids is 2. The van der Waals surface area contributed by atoms with Crippen molar-refractivity contribution in [2.75, 3.05) is 5.32 Å². The molecule has 1 aromatic carbocycles. The van der Waals surface area contributed by atoms with Crippen LogP contribution in [0.25, 0.3) is 0 Å². The largest absolute Gasteiger partial charge is 0.506 e. The predicted molar refractivity (Wildman–Crippen MR) is 114 cm³/mol. The summed E-state index contributed by atoms with van der Waals surface area (Å²) in [5.74, 6) is -2.42. The highest BCUT2D eigenvalue weighted by Gasteiger charge is 2.58. The number of hydrogen-bond acceptors (Lipinski definition) is 5. The molecule has 7 heteroatoms. The van der Waals surface area contributed by atoms with Crippen molar-refractivity contribution in [1.29, 1.82) is 0 Å². The lowest BCUT2D eigenvalue weighted by molar-refractivity contribution is -0.136. The van der Waals surface area contributed by atoms with Gasteiger partial charge in [0.1, 0.15) is 17.0 Å². The van der Waals surface area contributed by atoms with Crippen molar-refractivity contribution in [2.45, 2.75) is 45.4 Å². The minimum absolute atomic E-state index is 0.00442. The first kappa shape index (κ1) is 21.2. The van der Waals surface area contributed by atoms with Crippen LogP contribution in [-0.4, -0.2) is 33.0 Å². The lowest BCUT2D eigenvalue weighted by Gasteiger charge is -2.59. The average molecular weight is 425 g/mol. The van der Waals surface area contributed by atoms with Gasteiger partial charge in [-0.05, 0) is 67.6 Å². The van der Waals surface area contributed by atoms with Crippen LogP contribution in [0, 0.1) is 22.7 Å².